The van der Waals surface area contributed by atoms with Gasteiger partial charge in [-0.25, -0.2) is 8.78 Å². The van der Waals surface area contributed by atoms with Crippen molar-refractivity contribution in [3.05, 3.63) is 72.1 Å². The number of hydrogen-bond acceptors (Lipinski definition) is 7. The summed E-state index contributed by atoms with van der Waals surface area (Å²) >= 11 is 0. The van der Waals surface area contributed by atoms with E-state index >= 15 is 8.78 Å². The van der Waals surface area contributed by atoms with Crippen LogP contribution in [0.5, 0.6) is 23.0 Å². The van der Waals surface area contributed by atoms with Crippen LogP contribution in [0.4, 0.5) is 8.78 Å². The van der Waals surface area contributed by atoms with E-state index in [1.165, 1.54) is 24.5 Å². The first-order chi connectivity index (χ1) is 18.1. The highest BCUT2D eigenvalue weighted by Crippen LogP contribution is 2.37. The normalized spacial score (nSPS) is 11.4. The van der Waals surface area contributed by atoms with Crippen molar-refractivity contribution in [3.63, 3.8) is 0 Å². The lowest BCUT2D eigenvalue weighted by Crippen LogP contribution is -2.32. The third kappa shape index (κ3) is 5.65. The zero-order valence-electron chi connectivity index (χ0n) is 21.1. The van der Waals surface area contributed by atoms with E-state index in [2.05, 4.69) is 9.97 Å². The quantitative estimate of drug-likeness (QED) is 0.286. The highest BCUT2D eigenvalue weighted by Gasteiger charge is 2.23. The Morgan fingerprint density at radius 2 is 1.71 bits per heavy atom. The van der Waals surface area contributed by atoms with Gasteiger partial charge in [-0.2, -0.15) is 0 Å². The van der Waals surface area contributed by atoms with E-state index in [1.807, 2.05) is 6.92 Å². The second-order valence-corrected chi connectivity index (χ2v) is 9.12. The van der Waals surface area contributed by atoms with Gasteiger partial charge in [0, 0.05) is 29.4 Å². The van der Waals surface area contributed by atoms with Crippen LogP contribution in [0.25, 0.3) is 22.2 Å². The molecule has 0 aliphatic rings. The molecule has 0 spiro atoms. The van der Waals surface area contributed by atoms with E-state index in [1.54, 1.807) is 32.0 Å². The van der Waals surface area contributed by atoms with E-state index in [0.29, 0.717) is 29.7 Å². The van der Waals surface area contributed by atoms with Gasteiger partial charge in [0.1, 0.15) is 28.4 Å². The summed E-state index contributed by atoms with van der Waals surface area (Å²) in [7, 11) is 0. The maximum Gasteiger partial charge on any atom is 0.254 e. The van der Waals surface area contributed by atoms with Gasteiger partial charge in [0.25, 0.3) is 5.91 Å². The molecule has 0 saturated heterocycles. The molecule has 2 aromatic heterocycles. The number of nitrogens with two attached hydrogens (primary N) is 1. The Labute approximate surface area is 218 Å². The van der Waals surface area contributed by atoms with Crippen molar-refractivity contribution in [3.8, 4) is 34.3 Å². The highest BCUT2D eigenvalue weighted by molar-refractivity contribution is 6.01. The molecule has 1 amide bonds. The number of aliphatic hydroxyl groups excluding tert-OH is 1. The number of benzene rings is 2. The molecule has 0 unspecified atom stereocenters. The maximum atomic E-state index is 15.2. The van der Waals surface area contributed by atoms with Crippen LogP contribution in [0.15, 0.2) is 54.9 Å². The molecule has 2 heterocycles. The number of amides is 1. The fraction of sp³-hybridized carbons (Fsp3) is 0.250. The average Bonchev–Trinajstić information content (AvgIpc) is 2.88. The van der Waals surface area contributed by atoms with Gasteiger partial charge in [0.2, 0.25) is 0 Å². The number of fused-ring (bicyclic) bond motifs is 1. The lowest BCUT2D eigenvalue weighted by molar-refractivity contribution is 0.0413. The molecular formula is C28H27F2N3O5. The fourth-order valence-electron chi connectivity index (χ4n) is 3.74. The van der Waals surface area contributed by atoms with E-state index in [9.17, 15) is 9.90 Å². The summed E-state index contributed by atoms with van der Waals surface area (Å²) in [4.78, 5) is 20.6. The summed E-state index contributed by atoms with van der Waals surface area (Å²) < 4.78 is 47.4. The second-order valence-electron chi connectivity index (χ2n) is 9.12. The van der Waals surface area contributed by atoms with Crippen LogP contribution >= 0.6 is 0 Å². The van der Waals surface area contributed by atoms with E-state index in [-0.39, 0.29) is 34.9 Å². The molecule has 0 aliphatic carbocycles. The van der Waals surface area contributed by atoms with Crippen molar-refractivity contribution in [2.75, 3.05) is 13.2 Å². The van der Waals surface area contributed by atoms with E-state index in [0.717, 1.165) is 12.1 Å². The van der Waals surface area contributed by atoms with Crippen molar-refractivity contribution in [1.29, 1.82) is 0 Å². The van der Waals surface area contributed by atoms with Crippen molar-refractivity contribution in [2.24, 2.45) is 5.73 Å². The Morgan fingerprint density at radius 1 is 1.03 bits per heavy atom. The lowest BCUT2D eigenvalue weighted by atomic mass is 10.0. The molecule has 4 aromatic rings. The van der Waals surface area contributed by atoms with Crippen LogP contribution in [0, 0.1) is 11.6 Å². The molecule has 0 atom stereocenters. The molecule has 3 N–H and O–H groups in total. The summed E-state index contributed by atoms with van der Waals surface area (Å²) in [6.07, 6.45) is 3.49. The average molecular weight is 524 g/mol. The van der Waals surface area contributed by atoms with Gasteiger partial charge in [0.15, 0.2) is 17.4 Å². The van der Waals surface area contributed by atoms with Crippen LogP contribution in [0.3, 0.4) is 0 Å². The Kier molecular flexibility index (Phi) is 7.72. The first kappa shape index (κ1) is 26.7. The van der Waals surface area contributed by atoms with Crippen LogP contribution in [-0.2, 0) is 0 Å². The molecule has 0 fully saturated rings. The first-order valence-corrected chi connectivity index (χ1v) is 11.9. The minimum absolute atomic E-state index is 0.00373. The SMILES string of the molecule is CCCOc1ccnc(-c2cc(F)c(Oc3ccnc4cc(OC(C)(C)CO)ccc34)c(F)c2)c1C(N)=O. The van der Waals surface area contributed by atoms with Crippen molar-refractivity contribution in [2.45, 2.75) is 32.8 Å². The van der Waals surface area contributed by atoms with Crippen molar-refractivity contribution in [1.82, 2.24) is 9.97 Å². The minimum atomic E-state index is -1.01. The zero-order valence-corrected chi connectivity index (χ0v) is 21.1. The summed E-state index contributed by atoms with van der Waals surface area (Å²) in [6, 6.07) is 9.92. The number of aromatic nitrogens is 2. The number of primary amides is 1. The summed E-state index contributed by atoms with van der Waals surface area (Å²) in [5.74, 6) is -2.68. The van der Waals surface area contributed by atoms with Gasteiger partial charge in [-0.1, -0.05) is 6.92 Å². The number of rotatable bonds is 10. The molecule has 10 heteroatoms. The van der Waals surface area contributed by atoms with E-state index in [4.69, 9.17) is 19.9 Å². The number of carbonyl (C=O) groups is 1. The molecular weight excluding hydrogens is 496 g/mol. The third-order valence-corrected chi connectivity index (χ3v) is 5.55. The smallest absolute Gasteiger partial charge is 0.254 e. The third-order valence-electron chi connectivity index (χ3n) is 5.55. The van der Waals surface area contributed by atoms with Gasteiger partial charge >= 0.3 is 0 Å². The molecule has 0 aliphatic heterocycles. The molecule has 4 rings (SSSR count). The van der Waals surface area contributed by atoms with Gasteiger partial charge in [-0.05, 0) is 56.7 Å². The van der Waals surface area contributed by atoms with Crippen LogP contribution in [-0.4, -0.2) is 39.8 Å². The van der Waals surface area contributed by atoms with Crippen molar-refractivity contribution < 1.29 is 32.9 Å². The monoisotopic (exact) mass is 523 g/mol. The minimum Gasteiger partial charge on any atom is -0.493 e. The molecule has 8 nitrogen and oxygen atoms in total. The van der Waals surface area contributed by atoms with E-state index < -0.39 is 28.9 Å². The predicted molar refractivity (Wildman–Crippen MR) is 138 cm³/mol. The number of nitrogens with zero attached hydrogens (tertiary/aromatic N) is 2. The summed E-state index contributed by atoms with van der Waals surface area (Å²) in [5.41, 5.74) is 5.11. The Morgan fingerprint density at radius 3 is 2.37 bits per heavy atom. The van der Waals surface area contributed by atoms with Crippen LogP contribution in [0.1, 0.15) is 37.6 Å². The van der Waals surface area contributed by atoms with Crippen LogP contribution < -0.4 is 19.9 Å². The standard InChI is InChI=1S/C28H27F2N3O5/c1-4-11-36-23-8-10-33-25(24(23)27(31)35)16-12-19(29)26(20(30)13-16)37-22-7-9-32-21-14-17(5-6-18(21)22)38-28(2,3)15-34/h5-10,12-14,34H,4,11,15H2,1-3H3,(H2,31,35). The summed E-state index contributed by atoms with van der Waals surface area (Å²) in [6.45, 7) is 5.49. The Balaban J connectivity index is 1.70. The molecule has 0 saturated carbocycles. The largest absolute Gasteiger partial charge is 0.493 e. The maximum absolute atomic E-state index is 15.2. The number of halogens is 2. The number of ether oxygens (including phenoxy) is 3. The fourth-order valence-corrected chi connectivity index (χ4v) is 3.74. The van der Waals surface area contributed by atoms with Crippen LogP contribution in [0.2, 0.25) is 0 Å². The van der Waals surface area contributed by atoms with Gasteiger partial charge in [-0.3, -0.25) is 14.8 Å². The van der Waals surface area contributed by atoms with Crippen molar-refractivity contribution >= 4 is 16.8 Å². The molecule has 38 heavy (non-hydrogen) atoms. The first-order valence-electron chi connectivity index (χ1n) is 11.9. The number of aliphatic hydroxyl groups is 1. The number of pyridine rings is 2. The Bertz CT molecular complexity index is 1470. The van der Waals surface area contributed by atoms with Gasteiger partial charge < -0.3 is 25.1 Å². The molecule has 2 aromatic carbocycles. The number of hydrogen-bond donors (Lipinski definition) is 2. The topological polar surface area (TPSA) is 117 Å². The zero-order chi connectivity index (χ0) is 27.4. The predicted octanol–water partition coefficient (Wildman–Crippen LogP) is 5.40. The van der Waals surface area contributed by atoms with Gasteiger partial charge in [0.05, 0.1) is 24.4 Å². The lowest BCUT2D eigenvalue weighted by Gasteiger charge is -2.24. The number of carbonyl (C=O) groups excluding carboxylic acids is 1. The molecule has 0 bridgehead atoms. The highest BCUT2D eigenvalue weighted by atomic mass is 19.1. The van der Waals surface area contributed by atoms with Gasteiger partial charge in [-0.15, -0.1) is 0 Å². The summed E-state index contributed by atoms with van der Waals surface area (Å²) in [5, 5.41) is 9.94. The molecule has 0 radical (unpaired) electrons. The molecule has 198 valence electrons. The Hall–Kier alpha value is -4.31. The second kappa shape index (κ2) is 11.0.